The van der Waals surface area contributed by atoms with Crippen LogP contribution in [0.1, 0.15) is 30.6 Å². The fraction of sp³-hybridized carbons (Fsp3) is 0.462. The van der Waals surface area contributed by atoms with Crippen LogP contribution >= 0.6 is 27.5 Å². The van der Waals surface area contributed by atoms with Crippen LogP contribution in [0.3, 0.4) is 0 Å². The molecule has 100 valence electrons. The molecule has 18 heavy (non-hydrogen) atoms. The molecule has 1 aromatic rings. The molecule has 0 saturated carbocycles. The van der Waals surface area contributed by atoms with Gasteiger partial charge in [0.25, 0.3) is 5.91 Å². The minimum Gasteiger partial charge on any atom is -0.351 e. The lowest BCUT2D eigenvalue weighted by molar-refractivity contribution is 0.0936. The Morgan fingerprint density at radius 2 is 2.17 bits per heavy atom. The van der Waals surface area contributed by atoms with Gasteiger partial charge in [0.05, 0.1) is 10.6 Å². The molecule has 0 bridgehead atoms. The molecule has 0 fully saturated rings. The van der Waals surface area contributed by atoms with Crippen molar-refractivity contribution in [3.63, 3.8) is 0 Å². The topological polar surface area (TPSA) is 29.1 Å². The number of benzene rings is 1. The zero-order valence-corrected chi connectivity index (χ0v) is 12.7. The summed E-state index contributed by atoms with van der Waals surface area (Å²) in [5, 5.41) is 3.83. The van der Waals surface area contributed by atoms with Crippen molar-refractivity contribution < 1.29 is 9.18 Å². The Morgan fingerprint density at radius 3 is 2.72 bits per heavy atom. The molecule has 5 heteroatoms. The second-order valence-corrected chi connectivity index (χ2v) is 6.11. The fourth-order valence-electron chi connectivity index (χ4n) is 1.43. The van der Waals surface area contributed by atoms with E-state index in [4.69, 9.17) is 11.6 Å². The predicted molar refractivity (Wildman–Crippen MR) is 75.9 cm³/mol. The Bertz CT molecular complexity index is 437. The molecule has 0 aromatic heterocycles. The highest BCUT2D eigenvalue weighted by molar-refractivity contribution is 9.09. The third-order valence-corrected chi connectivity index (χ3v) is 3.38. The Hall–Kier alpha value is -0.610. The third-order valence-electron chi connectivity index (χ3n) is 2.67. The van der Waals surface area contributed by atoms with Crippen molar-refractivity contribution in [3.05, 3.63) is 34.6 Å². The second kappa shape index (κ2) is 6.53. The number of hydrogen-bond donors (Lipinski definition) is 1. The molecule has 1 rings (SSSR count). The molecule has 0 saturated heterocycles. The molecule has 0 aliphatic carbocycles. The molecular formula is C13H16BrClFNO. The van der Waals surface area contributed by atoms with Crippen LogP contribution in [0.4, 0.5) is 4.39 Å². The van der Waals surface area contributed by atoms with Gasteiger partial charge in [0, 0.05) is 11.9 Å². The largest absolute Gasteiger partial charge is 0.351 e. The highest BCUT2D eigenvalue weighted by Gasteiger charge is 2.19. The van der Waals surface area contributed by atoms with Crippen LogP contribution in [0.5, 0.6) is 0 Å². The summed E-state index contributed by atoms with van der Waals surface area (Å²) in [4.78, 5) is 11.9. The monoisotopic (exact) mass is 335 g/mol. The first-order valence-corrected chi connectivity index (χ1v) is 7.15. The summed E-state index contributed by atoms with van der Waals surface area (Å²) >= 11 is 9.21. The zero-order chi connectivity index (χ0) is 13.8. The summed E-state index contributed by atoms with van der Waals surface area (Å²) in [6.45, 7) is 4.69. The average Bonchev–Trinajstić information content (AvgIpc) is 2.26. The number of hydrogen-bond acceptors (Lipinski definition) is 1. The summed E-state index contributed by atoms with van der Waals surface area (Å²) < 4.78 is 12.9. The molecule has 0 radical (unpaired) electrons. The first-order valence-electron chi connectivity index (χ1n) is 5.65. The van der Waals surface area contributed by atoms with Gasteiger partial charge in [-0.3, -0.25) is 4.79 Å². The number of nitrogens with one attached hydrogen (secondary N) is 1. The van der Waals surface area contributed by atoms with Crippen molar-refractivity contribution in [1.29, 1.82) is 0 Å². The lowest BCUT2D eigenvalue weighted by Crippen LogP contribution is -2.34. The summed E-state index contributed by atoms with van der Waals surface area (Å²) in [5.74, 6) is -0.723. The van der Waals surface area contributed by atoms with E-state index in [1.165, 1.54) is 12.1 Å². The van der Waals surface area contributed by atoms with E-state index in [9.17, 15) is 9.18 Å². The minimum absolute atomic E-state index is 0.00562. The number of alkyl halides is 1. The van der Waals surface area contributed by atoms with Crippen LogP contribution in [0, 0.1) is 11.2 Å². The minimum atomic E-state index is -0.448. The summed E-state index contributed by atoms with van der Waals surface area (Å²) in [6, 6.07) is 3.76. The molecular weight excluding hydrogens is 321 g/mol. The SMILES string of the molecule is CC(C)(CCBr)CNC(=O)c1ccc(F)cc1Cl. The Kier molecular flexibility index (Phi) is 5.60. The van der Waals surface area contributed by atoms with E-state index < -0.39 is 5.82 Å². The highest BCUT2D eigenvalue weighted by Crippen LogP contribution is 2.21. The van der Waals surface area contributed by atoms with E-state index in [2.05, 4.69) is 35.1 Å². The van der Waals surface area contributed by atoms with Crippen molar-refractivity contribution in [1.82, 2.24) is 5.32 Å². The third kappa shape index (κ3) is 4.58. The zero-order valence-electron chi connectivity index (χ0n) is 10.4. The van der Waals surface area contributed by atoms with Gasteiger partial charge in [-0.05, 0) is 30.0 Å². The molecule has 0 atom stereocenters. The van der Waals surface area contributed by atoms with Crippen molar-refractivity contribution >= 4 is 33.4 Å². The maximum absolute atomic E-state index is 12.9. The Morgan fingerprint density at radius 1 is 1.50 bits per heavy atom. The van der Waals surface area contributed by atoms with E-state index in [-0.39, 0.29) is 16.3 Å². The molecule has 0 heterocycles. The molecule has 0 spiro atoms. The Labute approximate surface area is 120 Å². The van der Waals surface area contributed by atoms with E-state index in [0.717, 1.165) is 17.8 Å². The maximum Gasteiger partial charge on any atom is 0.252 e. The standard InChI is InChI=1S/C13H16BrClFNO/c1-13(2,5-6-14)8-17-12(18)10-4-3-9(16)7-11(10)15/h3-4,7H,5-6,8H2,1-2H3,(H,17,18). The van der Waals surface area contributed by atoms with Gasteiger partial charge in [0.2, 0.25) is 0 Å². The van der Waals surface area contributed by atoms with Gasteiger partial charge < -0.3 is 5.32 Å². The van der Waals surface area contributed by atoms with Gasteiger partial charge >= 0.3 is 0 Å². The van der Waals surface area contributed by atoms with E-state index in [1.54, 1.807) is 0 Å². The molecule has 1 aromatic carbocycles. The number of rotatable bonds is 5. The van der Waals surface area contributed by atoms with Crippen molar-refractivity contribution in [2.24, 2.45) is 5.41 Å². The quantitative estimate of drug-likeness (QED) is 0.808. The fourth-order valence-corrected chi connectivity index (χ4v) is 2.76. The highest BCUT2D eigenvalue weighted by atomic mass is 79.9. The summed E-state index contributed by atoms with van der Waals surface area (Å²) in [6.07, 6.45) is 0.949. The first kappa shape index (κ1) is 15.4. The number of halogens is 3. The van der Waals surface area contributed by atoms with Crippen LogP contribution in [-0.2, 0) is 0 Å². The summed E-state index contributed by atoms with van der Waals surface area (Å²) in [5.41, 5.74) is 0.304. The van der Waals surface area contributed by atoms with Gasteiger partial charge in [-0.25, -0.2) is 4.39 Å². The molecule has 0 aliphatic heterocycles. The van der Waals surface area contributed by atoms with Gasteiger partial charge in [-0.2, -0.15) is 0 Å². The van der Waals surface area contributed by atoms with E-state index >= 15 is 0 Å². The lowest BCUT2D eigenvalue weighted by Gasteiger charge is -2.24. The van der Waals surface area contributed by atoms with Crippen LogP contribution in [-0.4, -0.2) is 17.8 Å². The second-order valence-electron chi connectivity index (χ2n) is 4.91. The first-order chi connectivity index (χ1) is 8.35. The van der Waals surface area contributed by atoms with Gasteiger partial charge in [0.15, 0.2) is 0 Å². The molecule has 2 nitrogen and oxygen atoms in total. The van der Waals surface area contributed by atoms with Gasteiger partial charge in [0.1, 0.15) is 5.82 Å². The summed E-state index contributed by atoms with van der Waals surface area (Å²) in [7, 11) is 0. The smallest absolute Gasteiger partial charge is 0.252 e. The van der Waals surface area contributed by atoms with Crippen LogP contribution in [0.25, 0.3) is 0 Å². The van der Waals surface area contributed by atoms with Gasteiger partial charge in [-0.1, -0.05) is 41.4 Å². The van der Waals surface area contributed by atoms with E-state index in [1.807, 2.05) is 0 Å². The van der Waals surface area contributed by atoms with Crippen LogP contribution in [0.2, 0.25) is 5.02 Å². The lowest BCUT2D eigenvalue weighted by atomic mass is 9.90. The van der Waals surface area contributed by atoms with Crippen molar-refractivity contribution in [2.45, 2.75) is 20.3 Å². The predicted octanol–water partition coefficient (Wildman–Crippen LogP) is 4.02. The van der Waals surface area contributed by atoms with Crippen molar-refractivity contribution in [3.8, 4) is 0 Å². The molecule has 1 N–H and O–H groups in total. The average molecular weight is 337 g/mol. The molecule has 0 aliphatic rings. The van der Waals surface area contributed by atoms with Crippen LogP contribution < -0.4 is 5.32 Å². The van der Waals surface area contributed by atoms with Crippen molar-refractivity contribution in [2.75, 3.05) is 11.9 Å². The molecule has 1 amide bonds. The van der Waals surface area contributed by atoms with Gasteiger partial charge in [-0.15, -0.1) is 0 Å². The Balaban J connectivity index is 2.66. The number of carbonyl (C=O) groups is 1. The normalized spacial score (nSPS) is 11.4. The van der Waals surface area contributed by atoms with E-state index in [0.29, 0.717) is 12.1 Å². The molecule has 0 unspecified atom stereocenters. The maximum atomic E-state index is 12.9. The van der Waals surface area contributed by atoms with Crippen LogP contribution in [0.15, 0.2) is 18.2 Å². The number of amides is 1. The number of carbonyl (C=O) groups excluding carboxylic acids is 1.